The van der Waals surface area contributed by atoms with Crippen LogP contribution in [-0.4, -0.2) is 67.5 Å². The Kier molecular flexibility index (Phi) is 7.93. The van der Waals surface area contributed by atoms with Gasteiger partial charge in [0.05, 0.1) is 18.6 Å². The zero-order chi connectivity index (χ0) is 26.4. The van der Waals surface area contributed by atoms with Crippen LogP contribution in [0.3, 0.4) is 0 Å². The molecule has 0 bridgehead atoms. The lowest BCUT2D eigenvalue weighted by Gasteiger charge is -2.26. The van der Waals surface area contributed by atoms with E-state index in [-0.39, 0.29) is 6.10 Å². The number of nitrogens with one attached hydrogen (secondary N) is 1. The van der Waals surface area contributed by atoms with E-state index < -0.39 is 0 Å². The topological polar surface area (TPSA) is 81.9 Å². The maximum atomic E-state index is 6.43. The van der Waals surface area contributed by atoms with Crippen molar-refractivity contribution in [3.8, 4) is 33.9 Å². The highest BCUT2D eigenvalue weighted by atomic mass is 16.5. The van der Waals surface area contributed by atoms with E-state index >= 15 is 0 Å². The highest BCUT2D eigenvalue weighted by molar-refractivity contribution is 6.06. The summed E-state index contributed by atoms with van der Waals surface area (Å²) in [6.45, 7) is 5.37. The minimum absolute atomic E-state index is 0.188. The number of benzene rings is 2. The molecule has 2 saturated heterocycles. The molecular weight excluding hydrogens is 492 g/mol. The van der Waals surface area contributed by atoms with Gasteiger partial charge >= 0.3 is 0 Å². The van der Waals surface area contributed by atoms with Crippen molar-refractivity contribution in [3.05, 3.63) is 54.9 Å². The van der Waals surface area contributed by atoms with Crippen LogP contribution in [0, 0.1) is 0 Å². The summed E-state index contributed by atoms with van der Waals surface area (Å²) in [4.78, 5) is 11.6. The molecule has 1 atom stereocenters. The van der Waals surface area contributed by atoms with Gasteiger partial charge in [-0.1, -0.05) is 36.8 Å². The van der Waals surface area contributed by atoms with Crippen LogP contribution in [0.4, 0.5) is 5.82 Å². The number of hydrogen-bond acceptors (Lipinski definition) is 8. The number of aromatic nitrogens is 2. The Morgan fingerprint density at radius 2 is 1.85 bits per heavy atom. The average molecular weight is 529 g/mol. The Morgan fingerprint density at radius 1 is 0.974 bits per heavy atom. The quantitative estimate of drug-likeness (QED) is 0.268. The molecule has 2 fully saturated rings. The predicted molar refractivity (Wildman–Crippen MR) is 152 cm³/mol. The van der Waals surface area contributed by atoms with E-state index in [1.165, 1.54) is 19.3 Å². The standard InChI is InChI=1S/C31H36N4O4/c1-36-26-19-23(12-13-25(26)38-18-16-35-14-6-3-7-15-35)29-27(22-9-4-2-5-10-22)28-30(33-21-34-31(28)39-29)32-20-24-11-8-17-37-24/h2,4-5,9-10,12-13,19,21,24H,3,6-8,11,14-18,20H2,1H3,(H,32,33,34)/t24-/m0/s1. The van der Waals surface area contributed by atoms with Gasteiger partial charge in [-0.3, -0.25) is 4.90 Å². The van der Waals surface area contributed by atoms with Crippen molar-refractivity contribution in [2.75, 3.05) is 51.8 Å². The third kappa shape index (κ3) is 5.72. The van der Waals surface area contributed by atoms with Gasteiger partial charge < -0.3 is 23.9 Å². The minimum Gasteiger partial charge on any atom is -0.493 e. The first-order valence-corrected chi connectivity index (χ1v) is 14.0. The molecule has 1 N–H and O–H groups in total. The summed E-state index contributed by atoms with van der Waals surface area (Å²) in [5.41, 5.74) is 3.40. The SMILES string of the molecule is COc1cc(-c2oc3ncnc(NC[C@@H]4CCCO4)c3c2-c2ccccc2)ccc1OCCN1CCCCC1. The number of rotatable bonds is 10. The number of hydrogen-bond donors (Lipinski definition) is 1. The summed E-state index contributed by atoms with van der Waals surface area (Å²) < 4.78 is 24.2. The van der Waals surface area contributed by atoms with E-state index in [9.17, 15) is 0 Å². The van der Waals surface area contributed by atoms with E-state index in [2.05, 4.69) is 32.3 Å². The molecule has 4 aromatic rings. The Hall–Kier alpha value is -3.62. The summed E-state index contributed by atoms with van der Waals surface area (Å²) in [5.74, 6) is 2.87. The second-order valence-electron chi connectivity index (χ2n) is 10.2. The average Bonchev–Trinajstić information content (AvgIpc) is 3.66. The molecule has 0 unspecified atom stereocenters. The number of fused-ring (bicyclic) bond motifs is 1. The normalized spacial score (nSPS) is 17.9. The molecule has 6 rings (SSSR count). The summed E-state index contributed by atoms with van der Waals surface area (Å²) >= 11 is 0. The van der Waals surface area contributed by atoms with Crippen molar-refractivity contribution in [2.45, 2.75) is 38.2 Å². The van der Waals surface area contributed by atoms with Crippen LogP contribution in [0.5, 0.6) is 11.5 Å². The second-order valence-corrected chi connectivity index (χ2v) is 10.2. The smallest absolute Gasteiger partial charge is 0.232 e. The zero-order valence-corrected chi connectivity index (χ0v) is 22.5. The van der Waals surface area contributed by atoms with Gasteiger partial charge in [0.1, 0.15) is 24.5 Å². The molecule has 2 aromatic heterocycles. The van der Waals surface area contributed by atoms with Gasteiger partial charge in [0.25, 0.3) is 0 Å². The lowest BCUT2D eigenvalue weighted by Crippen LogP contribution is -2.33. The van der Waals surface area contributed by atoms with Crippen molar-refractivity contribution in [1.82, 2.24) is 14.9 Å². The van der Waals surface area contributed by atoms with Crippen LogP contribution >= 0.6 is 0 Å². The first-order chi connectivity index (χ1) is 19.3. The fourth-order valence-corrected chi connectivity index (χ4v) is 5.56. The highest BCUT2D eigenvalue weighted by Gasteiger charge is 2.24. The van der Waals surface area contributed by atoms with Crippen molar-refractivity contribution < 1.29 is 18.6 Å². The Bertz CT molecular complexity index is 1380. The lowest BCUT2D eigenvalue weighted by atomic mass is 9.99. The van der Waals surface area contributed by atoms with E-state index in [0.717, 1.165) is 78.5 Å². The molecule has 204 valence electrons. The number of piperidine rings is 1. The molecule has 0 amide bonds. The van der Waals surface area contributed by atoms with E-state index in [0.29, 0.717) is 24.6 Å². The molecule has 8 nitrogen and oxygen atoms in total. The van der Waals surface area contributed by atoms with Crippen LogP contribution in [0.15, 0.2) is 59.3 Å². The molecule has 0 radical (unpaired) electrons. The van der Waals surface area contributed by atoms with Crippen molar-refractivity contribution in [1.29, 1.82) is 0 Å². The molecule has 39 heavy (non-hydrogen) atoms. The van der Waals surface area contributed by atoms with Crippen molar-refractivity contribution in [2.24, 2.45) is 0 Å². The molecule has 0 saturated carbocycles. The van der Waals surface area contributed by atoms with Gasteiger partial charge in [-0.25, -0.2) is 9.97 Å². The maximum Gasteiger partial charge on any atom is 0.232 e. The number of nitrogens with zero attached hydrogens (tertiary/aromatic N) is 3. The van der Waals surface area contributed by atoms with Gasteiger partial charge in [-0.15, -0.1) is 0 Å². The van der Waals surface area contributed by atoms with Gasteiger partial charge in [-0.2, -0.15) is 0 Å². The van der Waals surface area contributed by atoms with Crippen molar-refractivity contribution >= 4 is 16.9 Å². The minimum atomic E-state index is 0.188. The van der Waals surface area contributed by atoms with E-state index in [1.54, 1.807) is 13.4 Å². The van der Waals surface area contributed by atoms with Crippen LogP contribution in [0.2, 0.25) is 0 Å². The summed E-state index contributed by atoms with van der Waals surface area (Å²) in [7, 11) is 1.67. The van der Waals surface area contributed by atoms with Crippen LogP contribution < -0.4 is 14.8 Å². The second kappa shape index (κ2) is 12.1. The molecule has 0 aliphatic carbocycles. The van der Waals surface area contributed by atoms with Gasteiger partial charge in [0, 0.05) is 30.8 Å². The third-order valence-electron chi connectivity index (χ3n) is 7.61. The highest BCUT2D eigenvalue weighted by Crippen LogP contribution is 2.44. The van der Waals surface area contributed by atoms with Gasteiger partial charge in [0.2, 0.25) is 5.71 Å². The summed E-state index contributed by atoms with van der Waals surface area (Å²) in [6, 6.07) is 16.2. The number of likely N-dealkylation sites (tertiary alicyclic amines) is 1. The van der Waals surface area contributed by atoms with Crippen LogP contribution in [0.1, 0.15) is 32.1 Å². The Labute approximate surface area is 229 Å². The Balaban J connectivity index is 1.33. The molecule has 2 aromatic carbocycles. The Morgan fingerprint density at radius 3 is 2.64 bits per heavy atom. The van der Waals surface area contributed by atoms with E-state index in [1.807, 2.05) is 36.4 Å². The fraction of sp³-hybridized carbons (Fsp3) is 0.419. The van der Waals surface area contributed by atoms with Crippen LogP contribution in [-0.2, 0) is 4.74 Å². The number of anilines is 1. The first kappa shape index (κ1) is 25.6. The van der Waals surface area contributed by atoms with Crippen molar-refractivity contribution in [3.63, 3.8) is 0 Å². The van der Waals surface area contributed by atoms with E-state index in [4.69, 9.17) is 18.6 Å². The van der Waals surface area contributed by atoms with Gasteiger partial charge in [-0.05, 0) is 62.5 Å². The monoisotopic (exact) mass is 528 g/mol. The molecule has 2 aliphatic heterocycles. The number of furan rings is 1. The summed E-state index contributed by atoms with van der Waals surface area (Å²) in [5, 5.41) is 4.36. The molecule has 2 aliphatic rings. The predicted octanol–water partition coefficient (Wildman–Crippen LogP) is 6.02. The third-order valence-corrected chi connectivity index (χ3v) is 7.61. The van der Waals surface area contributed by atoms with Gasteiger partial charge in [0.15, 0.2) is 11.5 Å². The lowest BCUT2D eigenvalue weighted by molar-refractivity contribution is 0.120. The molecule has 8 heteroatoms. The zero-order valence-electron chi connectivity index (χ0n) is 22.5. The summed E-state index contributed by atoms with van der Waals surface area (Å²) in [6.07, 6.45) is 7.75. The number of ether oxygens (including phenoxy) is 3. The fourth-order valence-electron chi connectivity index (χ4n) is 5.56. The number of methoxy groups -OCH3 is 1. The maximum absolute atomic E-state index is 6.43. The van der Waals surface area contributed by atoms with Crippen LogP contribution in [0.25, 0.3) is 33.6 Å². The molecule has 4 heterocycles. The molecule has 0 spiro atoms. The first-order valence-electron chi connectivity index (χ1n) is 14.0. The largest absolute Gasteiger partial charge is 0.493 e. The molecular formula is C31H36N4O4.